The topological polar surface area (TPSA) is 44.0 Å². The molecule has 0 saturated heterocycles. The molecule has 0 fully saturated rings. The van der Waals surface area contributed by atoms with Gasteiger partial charge in [0.05, 0.1) is 0 Å². The molecule has 1 heterocycles. The van der Waals surface area contributed by atoms with Gasteiger partial charge in [0.25, 0.3) is 0 Å². The van der Waals surface area contributed by atoms with Crippen molar-refractivity contribution in [3.05, 3.63) is 33.1 Å². The van der Waals surface area contributed by atoms with E-state index in [1.165, 1.54) is 9.13 Å². The van der Waals surface area contributed by atoms with Crippen molar-refractivity contribution in [1.29, 1.82) is 0 Å². The summed E-state index contributed by atoms with van der Waals surface area (Å²) in [4.78, 5) is 23.5. The number of aromatic nitrogens is 2. The first kappa shape index (κ1) is 13.9. The predicted molar refractivity (Wildman–Crippen MR) is 71.1 cm³/mol. The van der Waals surface area contributed by atoms with E-state index in [4.69, 9.17) is 12.8 Å². The van der Waals surface area contributed by atoms with E-state index in [1.807, 2.05) is 0 Å². The molecule has 0 aliphatic rings. The minimum absolute atomic E-state index is 0.476. The summed E-state index contributed by atoms with van der Waals surface area (Å²) in [5, 5.41) is 0. The molecule has 0 aromatic carbocycles. The summed E-state index contributed by atoms with van der Waals surface area (Å²) in [7, 11) is 0. The third-order valence-corrected chi connectivity index (χ3v) is 2.57. The lowest BCUT2D eigenvalue weighted by Crippen LogP contribution is -2.40. The van der Waals surface area contributed by atoms with Gasteiger partial charge in [0, 0.05) is 38.3 Å². The zero-order valence-corrected chi connectivity index (χ0v) is 10.3. The number of hydrogen-bond acceptors (Lipinski definition) is 2. The van der Waals surface area contributed by atoms with E-state index in [2.05, 4.69) is 11.8 Å². The lowest BCUT2D eigenvalue weighted by Gasteiger charge is -2.07. The van der Waals surface area contributed by atoms with Crippen molar-refractivity contribution >= 4 is 0 Å². The van der Waals surface area contributed by atoms with Gasteiger partial charge in [-0.15, -0.1) is 24.7 Å². The van der Waals surface area contributed by atoms with Crippen molar-refractivity contribution < 1.29 is 0 Å². The first-order chi connectivity index (χ1) is 8.70. The highest BCUT2D eigenvalue weighted by Gasteiger charge is 2.03. The summed E-state index contributed by atoms with van der Waals surface area (Å²) in [6, 6.07) is 0. The van der Waals surface area contributed by atoms with Gasteiger partial charge in [-0.3, -0.25) is 9.59 Å². The SMILES string of the molecule is C#CCCCn1ccn(CCCC#C)c(=O)c1=O. The zero-order chi connectivity index (χ0) is 13.4. The Morgan fingerprint density at radius 3 is 1.61 bits per heavy atom. The summed E-state index contributed by atoms with van der Waals surface area (Å²) in [5.74, 6) is 5.00. The Morgan fingerprint density at radius 1 is 0.889 bits per heavy atom. The summed E-state index contributed by atoms with van der Waals surface area (Å²) < 4.78 is 2.80. The Hall–Kier alpha value is -2.20. The molecule has 0 spiro atoms. The normalized spacial score (nSPS) is 9.67. The molecular formula is C14H16N2O2. The van der Waals surface area contributed by atoms with Gasteiger partial charge in [-0.1, -0.05) is 0 Å². The first-order valence-electron chi connectivity index (χ1n) is 5.87. The van der Waals surface area contributed by atoms with Crippen LogP contribution in [0.2, 0.25) is 0 Å². The maximum atomic E-state index is 11.8. The fraction of sp³-hybridized carbons (Fsp3) is 0.429. The monoisotopic (exact) mass is 244 g/mol. The standard InChI is InChI=1S/C14H16N2O2/c1-3-5-7-9-15-11-12-16(10-8-6-4-2)14(18)13(15)17/h1-2,11-12H,5-10H2. The zero-order valence-electron chi connectivity index (χ0n) is 10.3. The molecule has 0 aliphatic carbocycles. The quantitative estimate of drug-likeness (QED) is 0.423. The van der Waals surface area contributed by atoms with E-state index in [9.17, 15) is 9.59 Å². The van der Waals surface area contributed by atoms with E-state index in [1.54, 1.807) is 12.4 Å². The minimum Gasteiger partial charge on any atom is -0.309 e. The average molecular weight is 244 g/mol. The molecule has 4 nitrogen and oxygen atoms in total. The highest BCUT2D eigenvalue weighted by Crippen LogP contribution is 1.93. The molecule has 0 amide bonds. The van der Waals surface area contributed by atoms with Gasteiger partial charge in [0.2, 0.25) is 0 Å². The van der Waals surface area contributed by atoms with Crippen molar-refractivity contribution in [2.75, 3.05) is 0 Å². The third kappa shape index (κ3) is 3.68. The van der Waals surface area contributed by atoms with Gasteiger partial charge in [-0.2, -0.15) is 0 Å². The van der Waals surface area contributed by atoms with Crippen LogP contribution in [-0.4, -0.2) is 9.13 Å². The molecule has 0 atom stereocenters. The molecule has 0 bridgehead atoms. The Bertz CT molecular complexity index is 529. The molecule has 1 aromatic heterocycles. The summed E-state index contributed by atoms with van der Waals surface area (Å²) in [6.45, 7) is 0.951. The molecule has 1 rings (SSSR count). The summed E-state index contributed by atoms with van der Waals surface area (Å²) in [5.41, 5.74) is -1.01. The molecule has 0 unspecified atom stereocenters. The van der Waals surface area contributed by atoms with Crippen molar-refractivity contribution in [2.24, 2.45) is 0 Å². The van der Waals surface area contributed by atoms with Crippen LogP contribution < -0.4 is 11.1 Å². The van der Waals surface area contributed by atoms with Crippen LogP contribution in [0.15, 0.2) is 22.0 Å². The van der Waals surface area contributed by atoms with E-state index in [0.717, 1.165) is 0 Å². The second-order valence-corrected chi connectivity index (χ2v) is 3.91. The fourth-order valence-electron chi connectivity index (χ4n) is 1.60. The van der Waals surface area contributed by atoms with Crippen molar-refractivity contribution in [3.63, 3.8) is 0 Å². The van der Waals surface area contributed by atoms with Crippen LogP contribution in [0, 0.1) is 24.7 Å². The number of hydrogen-bond donors (Lipinski definition) is 0. The lowest BCUT2D eigenvalue weighted by molar-refractivity contribution is 0.571. The van der Waals surface area contributed by atoms with Crippen molar-refractivity contribution in [3.8, 4) is 24.7 Å². The molecule has 0 saturated carbocycles. The van der Waals surface area contributed by atoms with Gasteiger partial charge >= 0.3 is 11.1 Å². The minimum atomic E-state index is -0.504. The lowest BCUT2D eigenvalue weighted by atomic mass is 10.3. The number of unbranched alkanes of at least 4 members (excludes halogenated alkanes) is 2. The van der Waals surface area contributed by atoms with Crippen LogP contribution in [0.1, 0.15) is 25.7 Å². The second-order valence-electron chi connectivity index (χ2n) is 3.91. The van der Waals surface area contributed by atoms with Crippen LogP contribution in [0.25, 0.3) is 0 Å². The highest BCUT2D eigenvalue weighted by molar-refractivity contribution is 4.88. The first-order valence-corrected chi connectivity index (χ1v) is 5.87. The van der Waals surface area contributed by atoms with Crippen LogP contribution in [0.3, 0.4) is 0 Å². The predicted octanol–water partition coefficient (Wildman–Crippen LogP) is 0.837. The summed E-state index contributed by atoms with van der Waals surface area (Å²) in [6.07, 6.45) is 16.1. The maximum Gasteiger partial charge on any atom is 0.316 e. The smallest absolute Gasteiger partial charge is 0.309 e. The second kappa shape index (κ2) is 7.19. The molecule has 0 radical (unpaired) electrons. The Labute approximate surface area is 106 Å². The van der Waals surface area contributed by atoms with Crippen molar-refractivity contribution in [1.82, 2.24) is 9.13 Å². The Balaban J connectivity index is 2.80. The van der Waals surface area contributed by atoms with Crippen LogP contribution >= 0.6 is 0 Å². The van der Waals surface area contributed by atoms with Crippen LogP contribution in [-0.2, 0) is 13.1 Å². The number of terminal acetylenes is 2. The largest absolute Gasteiger partial charge is 0.316 e. The molecular weight excluding hydrogens is 228 g/mol. The third-order valence-electron chi connectivity index (χ3n) is 2.57. The van der Waals surface area contributed by atoms with Crippen molar-refractivity contribution in [2.45, 2.75) is 38.8 Å². The highest BCUT2D eigenvalue weighted by atomic mass is 16.2. The van der Waals surface area contributed by atoms with Crippen LogP contribution in [0.5, 0.6) is 0 Å². The number of rotatable bonds is 6. The molecule has 0 aliphatic heterocycles. The molecule has 0 N–H and O–H groups in total. The van der Waals surface area contributed by atoms with Gasteiger partial charge in [-0.05, 0) is 12.8 Å². The van der Waals surface area contributed by atoms with Gasteiger partial charge < -0.3 is 9.13 Å². The molecule has 4 heteroatoms. The average Bonchev–Trinajstić information content (AvgIpc) is 2.37. The van der Waals surface area contributed by atoms with Gasteiger partial charge in [0.1, 0.15) is 0 Å². The molecule has 94 valence electrons. The molecule has 1 aromatic rings. The van der Waals surface area contributed by atoms with E-state index < -0.39 is 11.1 Å². The fourth-order valence-corrected chi connectivity index (χ4v) is 1.60. The number of aryl methyl sites for hydroxylation is 2. The van der Waals surface area contributed by atoms with Gasteiger partial charge in [-0.25, -0.2) is 0 Å². The maximum absolute atomic E-state index is 11.8. The van der Waals surface area contributed by atoms with E-state index >= 15 is 0 Å². The van der Waals surface area contributed by atoms with E-state index in [0.29, 0.717) is 38.8 Å². The Kier molecular flexibility index (Phi) is 5.54. The number of nitrogens with zero attached hydrogens (tertiary/aromatic N) is 2. The van der Waals surface area contributed by atoms with Crippen LogP contribution in [0.4, 0.5) is 0 Å². The van der Waals surface area contributed by atoms with Gasteiger partial charge in [0.15, 0.2) is 0 Å². The van der Waals surface area contributed by atoms with E-state index in [-0.39, 0.29) is 0 Å². The molecule has 18 heavy (non-hydrogen) atoms. The Morgan fingerprint density at radius 2 is 1.28 bits per heavy atom. The summed E-state index contributed by atoms with van der Waals surface area (Å²) >= 11 is 0.